The van der Waals surface area contributed by atoms with Crippen LogP contribution in [0.5, 0.6) is 0 Å². The van der Waals surface area contributed by atoms with E-state index in [1.165, 1.54) is 6.08 Å². The number of hydrogen-bond acceptors (Lipinski definition) is 2. The first-order valence-corrected chi connectivity index (χ1v) is 8.32. The summed E-state index contributed by atoms with van der Waals surface area (Å²) in [5.41, 5.74) is 1.90. The Labute approximate surface area is 146 Å². The summed E-state index contributed by atoms with van der Waals surface area (Å²) < 4.78 is 1.75. The predicted octanol–water partition coefficient (Wildman–Crippen LogP) is 3.42. The zero-order valence-corrected chi connectivity index (χ0v) is 14.4. The van der Waals surface area contributed by atoms with Crippen LogP contribution in [0.4, 0.5) is 0 Å². The number of aromatic nitrogens is 1. The Morgan fingerprint density at radius 1 is 1.17 bits per heavy atom. The fourth-order valence-corrected chi connectivity index (χ4v) is 2.45. The number of nitrogens with one attached hydrogen (secondary N) is 1. The number of amides is 1. The van der Waals surface area contributed by atoms with Crippen molar-refractivity contribution in [1.82, 2.24) is 9.88 Å². The first-order valence-electron chi connectivity index (χ1n) is 7.94. The van der Waals surface area contributed by atoms with Crippen molar-refractivity contribution in [1.29, 1.82) is 0 Å². The highest BCUT2D eigenvalue weighted by molar-refractivity contribution is 6.30. The van der Waals surface area contributed by atoms with E-state index in [0.29, 0.717) is 18.1 Å². The number of aryl methyl sites for hydroxylation is 1. The molecule has 0 aliphatic heterocycles. The van der Waals surface area contributed by atoms with E-state index < -0.39 is 0 Å². The zero-order chi connectivity index (χ0) is 17.4. The fraction of sp³-hybridized carbons (Fsp3) is 0.263. The topological polar surface area (TPSA) is 51.1 Å². The van der Waals surface area contributed by atoms with Gasteiger partial charge in [0.15, 0.2) is 0 Å². The average molecular weight is 345 g/mol. The predicted molar refractivity (Wildman–Crippen MR) is 98.2 cm³/mol. The van der Waals surface area contributed by atoms with Gasteiger partial charge in [-0.2, -0.15) is 0 Å². The Bertz CT molecular complexity index is 764. The van der Waals surface area contributed by atoms with Gasteiger partial charge in [-0.25, -0.2) is 0 Å². The molecule has 0 fully saturated rings. The van der Waals surface area contributed by atoms with Crippen LogP contribution < -0.4 is 10.9 Å². The van der Waals surface area contributed by atoms with Gasteiger partial charge in [0.1, 0.15) is 0 Å². The van der Waals surface area contributed by atoms with E-state index in [1.807, 2.05) is 25.1 Å². The van der Waals surface area contributed by atoms with Crippen molar-refractivity contribution >= 4 is 23.6 Å². The lowest BCUT2D eigenvalue weighted by Gasteiger charge is -2.09. The largest absolute Gasteiger partial charge is 0.353 e. The zero-order valence-electron chi connectivity index (χ0n) is 13.7. The number of unbranched alkanes of at least 4 members (excludes halogenated alkanes) is 1. The summed E-state index contributed by atoms with van der Waals surface area (Å²) in [4.78, 5) is 23.5. The van der Waals surface area contributed by atoms with Crippen LogP contribution in [-0.2, 0) is 11.3 Å². The molecule has 0 bridgehead atoms. The normalized spacial score (nSPS) is 10.9. The number of carbonyl (C=O) groups is 1. The first-order chi connectivity index (χ1) is 11.6. The highest BCUT2D eigenvalue weighted by Gasteiger charge is 2.00. The van der Waals surface area contributed by atoms with Crippen LogP contribution >= 0.6 is 11.6 Å². The third-order valence-electron chi connectivity index (χ3n) is 3.67. The first kappa shape index (κ1) is 18.0. The van der Waals surface area contributed by atoms with Crippen molar-refractivity contribution in [3.05, 3.63) is 75.2 Å². The van der Waals surface area contributed by atoms with Crippen molar-refractivity contribution in [2.45, 2.75) is 26.3 Å². The van der Waals surface area contributed by atoms with Crippen LogP contribution in [0.2, 0.25) is 5.02 Å². The molecule has 0 aliphatic rings. The molecule has 2 aromatic rings. The summed E-state index contributed by atoms with van der Waals surface area (Å²) in [5, 5.41) is 3.51. The van der Waals surface area contributed by atoms with Gasteiger partial charge in [-0.15, -0.1) is 0 Å². The van der Waals surface area contributed by atoms with Gasteiger partial charge in [-0.05, 0) is 49.6 Å². The minimum Gasteiger partial charge on any atom is -0.353 e. The van der Waals surface area contributed by atoms with Crippen molar-refractivity contribution in [3.63, 3.8) is 0 Å². The maximum Gasteiger partial charge on any atom is 0.250 e. The number of nitrogens with zero attached hydrogens (tertiary/aromatic N) is 1. The molecule has 4 nitrogen and oxygen atoms in total. The van der Waals surface area contributed by atoms with E-state index in [0.717, 1.165) is 24.1 Å². The minimum atomic E-state index is -0.127. The molecular weight excluding hydrogens is 324 g/mol. The minimum absolute atomic E-state index is 0.0185. The Morgan fingerprint density at radius 2 is 1.92 bits per heavy atom. The lowest BCUT2D eigenvalue weighted by atomic mass is 10.2. The molecule has 0 unspecified atom stereocenters. The lowest BCUT2D eigenvalue weighted by Crippen LogP contribution is -2.24. The number of carbonyl (C=O) groups excluding carboxylic acids is 1. The fourth-order valence-electron chi connectivity index (χ4n) is 2.32. The van der Waals surface area contributed by atoms with E-state index in [1.54, 1.807) is 34.9 Å². The van der Waals surface area contributed by atoms with Crippen molar-refractivity contribution in [2.24, 2.45) is 0 Å². The summed E-state index contributed by atoms with van der Waals surface area (Å²) in [7, 11) is 0. The Morgan fingerprint density at radius 3 is 2.62 bits per heavy atom. The molecule has 1 aromatic heterocycles. The Hall–Kier alpha value is -2.33. The third-order valence-corrected chi connectivity index (χ3v) is 3.92. The molecular formula is C19H21ClN2O2. The van der Waals surface area contributed by atoms with Gasteiger partial charge in [-0.3, -0.25) is 9.59 Å². The molecule has 0 saturated carbocycles. The van der Waals surface area contributed by atoms with Crippen LogP contribution in [0.25, 0.3) is 6.08 Å². The number of hydrogen-bond donors (Lipinski definition) is 1. The molecule has 5 heteroatoms. The molecule has 0 aliphatic carbocycles. The number of rotatable bonds is 7. The quantitative estimate of drug-likeness (QED) is 0.618. The summed E-state index contributed by atoms with van der Waals surface area (Å²) >= 11 is 5.81. The van der Waals surface area contributed by atoms with Gasteiger partial charge in [0.25, 0.3) is 5.56 Å². The molecule has 1 aromatic carbocycles. The van der Waals surface area contributed by atoms with E-state index in [9.17, 15) is 9.59 Å². The number of halogens is 1. The van der Waals surface area contributed by atoms with Gasteiger partial charge in [0.2, 0.25) is 5.91 Å². The van der Waals surface area contributed by atoms with Crippen LogP contribution in [0.1, 0.15) is 24.1 Å². The molecule has 126 valence electrons. The van der Waals surface area contributed by atoms with E-state index in [-0.39, 0.29) is 11.5 Å². The highest BCUT2D eigenvalue weighted by Crippen LogP contribution is 2.10. The number of benzene rings is 1. The van der Waals surface area contributed by atoms with Crippen molar-refractivity contribution in [3.8, 4) is 0 Å². The second kappa shape index (κ2) is 9.08. The van der Waals surface area contributed by atoms with Crippen LogP contribution in [-0.4, -0.2) is 17.0 Å². The third kappa shape index (κ3) is 5.70. The average Bonchev–Trinajstić information content (AvgIpc) is 2.56. The Balaban J connectivity index is 1.69. The second-order valence-corrected chi connectivity index (χ2v) is 5.98. The number of pyridine rings is 1. The molecule has 0 atom stereocenters. The van der Waals surface area contributed by atoms with Crippen LogP contribution in [0.15, 0.2) is 53.3 Å². The second-order valence-electron chi connectivity index (χ2n) is 5.54. The molecule has 0 saturated heterocycles. The van der Waals surface area contributed by atoms with Gasteiger partial charge in [-0.1, -0.05) is 29.8 Å². The molecule has 1 heterocycles. The summed E-state index contributed by atoms with van der Waals surface area (Å²) in [5.74, 6) is -0.127. The van der Waals surface area contributed by atoms with Gasteiger partial charge in [0, 0.05) is 35.9 Å². The monoisotopic (exact) mass is 344 g/mol. The van der Waals surface area contributed by atoms with Gasteiger partial charge in [0.05, 0.1) is 0 Å². The lowest BCUT2D eigenvalue weighted by molar-refractivity contribution is -0.116. The molecule has 1 N–H and O–H groups in total. The van der Waals surface area contributed by atoms with Gasteiger partial charge < -0.3 is 9.88 Å². The van der Waals surface area contributed by atoms with Crippen LogP contribution in [0, 0.1) is 6.92 Å². The van der Waals surface area contributed by atoms with E-state index >= 15 is 0 Å². The summed E-state index contributed by atoms with van der Waals surface area (Å²) in [6, 6.07) is 12.5. The van der Waals surface area contributed by atoms with Crippen LogP contribution in [0.3, 0.4) is 0 Å². The maximum absolute atomic E-state index is 11.7. The van der Waals surface area contributed by atoms with Crippen molar-refractivity contribution < 1.29 is 4.79 Å². The maximum atomic E-state index is 11.7. The Kier molecular flexibility index (Phi) is 6.82. The molecule has 2 rings (SSSR count). The SMILES string of the molecule is Cc1cccc(=O)n1CCCCNC(=O)/C=C/c1ccc(Cl)cc1. The molecule has 0 radical (unpaired) electrons. The smallest absolute Gasteiger partial charge is 0.250 e. The summed E-state index contributed by atoms with van der Waals surface area (Å²) in [6.45, 7) is 3.18. The molecule has 1 amide bonds. The highest BCUT2D eigenvalue weighted by atomic mass is 35.5. The summed E-state index contributed by atoms with van der Waals surface area (Å²) in [6.07, 6.45) is 4.92. The molecule has 24 heavy (non-hydrogen) atoms. The van der Waals surface area contributed by atoms with Gasteiger partial charge >= 0.3 is 0 Å². The molecule has 0 spiro atoms. The standard InChI is InChI=1S/C19H21ClN2O2/c1-15-5-4-6-19(24)22(15)14-3-2-13-21-18(23)12-9-16-7-10-17(20)11-8-16/h4-12H,2-3,13-14H2,1H3,(H,21,23)/b12-9+. The van der Waals surface area contributed by atoms with E-state index in [4.69, 9.17) is 11.6 Å². The van der Waals surface area contributed by atoms with E-state index in [2.05, 4.69) is 5.32 Å². The van der Waals surface area contributed by atoms with Crippen molar-refractivity contribution in [2.75, 3.05) is 6.54 Å².